The van der Waals surface area contributed by atoms with Gasteiger partial charge in [0.05, 0.1) is 5.52 Å². The number of nitrogens with zero attached hydrogens (tertiary/aromatic N) is 1. The molecule has 0 aliphatic heterocycles. The van der Waals surface area contributed by atoms with Crippen LogP contribution in [0.5, 0.6) is 0 Å². The van der Waals surface area contributed by atoms with Crippen LogP contribution in [0.2, 0.25) is 0 Å². The zero-order valence-electron chi connectivity index (χ0n) is 8.24. The van der Waals surface area contributed by atoms with Gasteiger partial charge in [-0.25, -0.2) is 0 Å². The molecule has 14 heavy (non-hydrogen) atoms. The number of hydrogen-bond acceptors (Lipinski definition) is 1. The quantitative estimate of drug-likeness (QED) is 0.525. The normalized spacial score (nSPS) is 11.6. The molecule has 3 rings (SSSR count). The van der Waals surface area contributed by atoms with Crippen LogP contribution in [-0.4, -0.2) is 4.57 Å². The van der Waals surface area contributed by atoms with Crippen LogP contribution in [0.25, 0.3) is 22.1 Å². The Balaban J connectivity index is 2.62. The van der Waals surface area contributed by atoms with Crippen molar-refractivity contribution >= 4 is 22.1 Å². The summed E-state index contributed by atoms with van der Waals surface area (Å²) >= 11 is 0. The molecule has 0 amide bonds. The van der Waals surface area contributed by atoms with E-state index in [1.54, 1.807) is 0 Å². The maximum absolute atomic E-state index is 5.73. The minimum Gasteiger partial charge on any atom is -0.454 e. The summed E-state index contributed by atoms with van der Waals surface area (Å²) in [5.41, 5.74) is 4.36. The summed E-state index contributed by atoms with van der Waals surface area (Å²) in [5, 5.41) is 1.19. The second-order valence-electron chi connectivity index (χ2n) is 3.66. The summed E-state index contributed by atoms with van der Waals surface area (Å²) in [7, 11) is 2.07. The van der Waals surface area contributed by atoms with E-state index in [1.165, 1.54) is 16.6 Å². The van der Waals surface area contributed by atoms with E-state index in [-0.39, 0.29) is 0 Å². The topological polar surface area (TPSA) is 18.1 Å². The Morgan fingerprint density at radius 3 is 2.79 bits per heavy atom. The summed E-state index contributed by atoms with van der Waals surface area (Å²) < 4.78 is 7.90. The van der Waals surface area contributed by atoms with Gasteiger partial charge in [-0.3, -0.25) is 0 Å². The van der Waals surface area contributed by atoms with E-state index in [0.29, 0.717) is 0 Å². The van der Waals surface area contributed by atoms with Crippen molar-refractivity contribution in [2.75, 3.05) is 0 Å². The van der Waals surface area contributed by atoms with Crippen LogP contribution >= 0.6 is 0 Å². The lowest BCUT2D eigenvalue weighted by Crippen LogP contribution is -1.88. The zero-order chi connectivity index (χ0) is 9.71. The molecule has 0 aliphatic carbocycles. The van der Waals surface area contributed by atoms with Gasteiger partial charge in [0.2, 0.25) is 0 Å². The fourth-order valence-electron chi connectivity index (χ4n) is 1.96. The van der Waals surface area contributed by atoms with Crippen molar-refractivity contribution < 1.29 is 4.42 Å². The van der Waals surface area contributed by atoms with Crippen LogP contribution in [0.4, 0.5) is 0 Å². The van der Waals surface area contributed by atoms with E-state index in [2.05, 4.69) is 30.7 Å². The molecule has 0 unspecified atom stereocenters. The predicted molar refractivity (Wildman–Crippen MR) is 57.4 cm³/mol. The van der Waals surface area contributed by atoms with Gasteiger partial charge < -0.3 is 8.98 Å². The first-order valence-corrected chi connectivity index (χ1v) is 4.71. The van der Waals surface area contributed by atoms with Gasteiger partial charge in [0.25, 0.3) is 0 Å². The molecule has 0 radical (unpaired) electrons. The highest BCUT2D eigenvalue weighted by Crippen LogP contribution is 2.29. The van der Waals surface area contributed by atoms with E-state index >= 15 is 0 Å². The molecule has 0 bridgehead atoms. The van der Waals surface area contributed by atoms with Crippen molar-refractivity contribution in [2.45, 2.75) is 6.92 Å². The fourth-order valence-corrected chi connectivity index (χ4v) is 1.96. The van der Waals surface area contributed by atoms with Gasteiger partial charge in [0.1, 0.15) is 5.58 Å². The minimum absolute atomic E-state index is 0.966. The van der Waals surface area contributed by atoms with Gasteiger partial charge in [-0.15, -0.1) is 0 Å². The third kappa shape index (κ3) is 0.803. The lowest BCUT2D eigenvalue weighted by atomic mass is 10.2. The summed E-state index contributed by atoms with van der Waals surface area (Å²) in [6, 6.07) is 10.2. The Morgan fingerprint density at radius 1 is 1.14 bits per heavy atom. The summed E-state index contributed by atoms with van der Waals surface area (Å²) in [4.78, 5) is 0. The predicted octanol–water partition coefficient (Wildman–Crippen LogP) is 3.23. The Kier molecular flexibility index (Phi) is 1.32. The molecule has 0 spiro atoms. The lowest BCUT2D eigenvalue weighted by molar-refractivity contribution is 0.669. The highest BCUT2D eigenvalue weighted by Gasteiger charge is 2.10. The number of fused-ring (bicyclic) bond motifs is 3. The van der Waals surface area contributed by atoms with E-state index < -0.39 is 0 Å². The van der Waals surface area contributed by atoms with Crippen molar-refractivity contribution in [1.82, 2.24) is 4.57 Å². The number of aromatic nitrogens is 1. The molecule has 0 N–H and O–H groups in total. The number of para-hydroxylation sites is 1. The van der Waals surface area contributed by atoms with Crippen molar-refractivity contribution in [3.63, 3.8) is 0 Å². The Bertz CT molecular complexity index is 616. The van der Waals surface area contributed by atoms with E-state index in [4.69, 9.17) is 4.42 Å². The highest BCUT2D eigenvalue weighted by atomic mass is 16.3. The fraction of sp³-hybridized carbons (Fsp3) is 0.167. The van der Waals surface area contributed by atoms with Crippen LogP contribution in [0.3, 0.4) is 0 Å². The maximum atomic E-state index is 5.73. The molecule has 2 heterocycles. The molecule has 3 aromatic rings. The standard InChI is InChI=1S/C12H11NO/c1-8-7-11-12(13(8)2)9-5-3-4-6-10(9)14-11/h3-7H,1-2H3. The molecule has 0 fully saturated rings. The van der Waals surface area contributed by atoms with E-state index in [1.807, 2.05) is 18.2 Å². The number of rotatable bonds is 0. The van der Waals surface area contributed by atoms with Gasteiger partial charge in [-0.05, 0) is 19.1 Å². The number of furan rings is 1. The third-order valence-corrected chi connectivity index (χ3v) is 2.80. The van der Waals surface area contributed by atoms with Gasteiger partial charge in [0.15, 0.2) is 5.58 Å². The molecular weight excluding hydrogens is 174 g/mol. The molecule has 2 aromatic heterocycles. The molecule has 0 saturated carbocycles. The number of aryl methyl sites for hydroxylation is 2. The first-order valence-electron chi connectivity index (χ1n) is 4.71. The van der Waals surface area contributed by atoms with Crippen LogP contribution in [0.1, 0.15) is 5.69 Å². The van der Waals surface area contributed by atoms with Crippen molar-refractivity contribution in [1.29, 1.82) is 0 Å². The SMILES string of the molecule is Cc1cc2oc3ccccc3c2n1C. The van der Waals surface area contributed by atoms with Crippen molar-refractivity contribution in [3.8, 4) is 0 Å². The molecular formula is C12H11NO. The van der Waals surface area contributed by atoms with Gasteiger partial charge in [-0.2, -0.15) is 0 Å². The van der Waals surface area contributed by atoms with Crippen molar-refractivity contribution in [2.24, 2.45) is 7.05 Å². The molecule has 0 aliphatic rings. The first-order chi connectivity index (χ1) is 6.77. The molecule has 1 aromatic carbocycles. The monoisotopic (exact) mass is 185 g/mol. The molecule has 0 atom stereocenters. The maximum Gasteiger partial charge on any atom is 0.153 e. The largest absolute Gasteiger partial charge is 0.454 e. The molecule has 2 heteroatoms. The van der Waals surface area contributed by atoms with E-state index in [9.17, 15) is 0 Å². The van der Waals surface area contributed by atoms with Gasteiger partial charge in [-0.1, -0.05) is 12.1 Å². The van der Waals surface area contributed by atoms with Crippen LogP contribution < -0.4 is 0 Å². The smallest absolute Gasteiger partial charge is 0.153 e. The first kappa shape index (κ1) is 7.68. The summed E-state index contributed by atoms with van der Waals surface area (Å²) in [6.45, 7) is 2.09. The van der Waals surface area contributed by atoms with Crippen LogP contribution in [-0.2, 0) is 7.05 Å². The number of benzene rings is 1. The third-order valence-electron chi connectivity index (χ3n) is 2.80. The average Bonchev–Trinajstić information content (AvgIpc) is 2.65. The lowest BCUT2D eigenvalue weighted by Gasteiger charge is -1.96. The highest BCUT2D eigenvalue weighted by molar-refractivity contribution is 6.03. The zero-order valence-corrected chi connectivity index (χ0v) is 8.24. The van der Waals surface area contributed by atoms with E-state index in [0.717, 1.165) is 11.2 Å². The average molecular weight is 185 g/mol. The second-order valence-corrected chi connectivity index (χ2v) is 3.66. The van der Waals surface area contributed by atoms with Gasteiger partial charge >= 0.3 is 0 Å². The van der Waals surface area contributed by atoms with Crippen molar-refractivity contribution in [3.05, 3.63) is 36.0 Å². The molecule has 0 saturated heterocycles. The van der Waals surface area contributed by atoms with Crippen LogP contribution in [0.15, 0.2) is 34.7 Å². The Labute approximate surface area is 81.7 Å². The summed E-state index contributed by atoms with van der Waals surface area (Å²) in [6.07, 6.45) is 0. The molecule has 70 valence electrons. The Hall–Kier alpha value is -1.70. The Morgan fingerprint density at radius 2 is 1.93 bits per heavy atom. The minimum atomic E-state index is 0.966. The summed E-state index contributed by atoms with van der Waals surface area (Å²) in [5.74, 6) is 0. The molecule has 2 nitrogen and oxygen atoms in total. The second kappa shape index (κ2) is 2.41. The number of hydrogen-bond donors (Lipinski definition) is 0. The van der Waals surface area contributed by atoms with Gasteiger partial charge in [0, 0.05) is 24.2 Å². The van der Waals surface area contributed by atoms with Crippen LogP contribution in [0, 0.1) is 6.92 Å².